The van der Waals surface area contributed by atoms with Crippen molar-refractivity contribution in [1.29, 1.82) is 0 Å². The van der Waals surface area contributed by atoms with Crippen molar-refractivity contribution in [3.8, 4) is 0 Å². The highest BCUT2D eigenvalue weighted by atomic mass is 16.3. The number of nitrogens with one attached hydrogen (secondary N) is 1. The van der Waals surface area contributed by atoms with Gasteiger partial charge in [0.05, 0.1) is 0 Å². The summed E-state index contributed by atoms with van der Waals surface area (Å²) in [6.45, 7) is 4.62. The molecular formula is C14H21NO. The van der Waals surface area contributed by atoms with Crippen molar-refractivity contribution in [3.05, 3.63) is 35.4 Å². The molecule has 0 radical (unpaired) electrons. The van der Waals surface area contributed by atoms with Gasteiger partial charge in [-0.3, -0.25) is 0 Å². The zero-order valence-electron chi connectivity index (χ0n) is 9.95. The monoisotopic (exact) mass is 219 g/mol. The minimum absolute atomic E-state index is 0.251. The Labute approximate surface area is 97.7 Å². The first kappa shape index (κ1) is 11.6. The standard InChI is InChI=1S/C14H21NO/c1-2-11(10-16)12-3-5-13(6-4-12)14-7-8-15-9-14/h3-6,11,14-16H,2,7-10H2,1H3. The molecule has 1 aliphatic rings. The van der Waals surface area contributed by atoms with Gasteiger partial charge in [0.25, 0.3) is 0 Å². The van der Waals surface area contributed by atoms with Crippen molar-refractivity contribution in [2.75, 3.05) is 19.7 Å². The molecular weight excluding hydrogens is 198 g/mol. The summed E-state index contributed by atoms with van der Waals surface area (Å²) >= 11 is 0. The van der Waals surface area contributed by atoms with Gasteiger partial charge in [-0.1, -0.05) is 31.2 Å². The summed E-state index contributed by atoms with van der Waals surface area (Å²) in [6, 6.07) is 8.81. The quantitative estimate of drug-likeness (QED) is 0.814. The van der Waals surface area contributed by atoms with E-state index in [1.165, 1.54) is 17.5 Å². The molecule has 1 aliphatic heterocycles. The van der Waals surface area contributed by atoms with Crippen molar-refractivity contribution in [3.63, 3.8) is 0 Å². The van der Waals surface area contributed by atoms with E-state index < -0.39 is 0 Å². The second-order valence-electron chi connectivity index (χ2n) is 4.64. The molecule has 2 rings (SSSR count). The molecule has 1 fully saturated rings. The lowest BCUT2D eigenvalue weighted by molar-refractivity contribution is 0.262. The Hall–Kier alpha value is -0.860. The molecule has 1 heterocycles. The van der Waals surface area contributed by atoms with Crippen molar-refractivity contribution in [2.24, 2.45) is 0 Å². The third-order valence-electron chi connectivity index (χ3n) is 3.65. The van der Waals surface area contributed by atoms with E-state index >= 15 is 0 Å². The highest BCUT2D eigenvalue weighted by Crippen LogP contribution is 2.25. The SMILES string of the molecule is CCC(CO)c1ccc(C2CCNC2)cc1. The molecule has 0 amide bonds. The largest absolute Gasteiger partial charge is 0.396 e. The average molecular weight is 219 g/mol. The van der Waals surface area contributed by atoms with Crippen LogP contribution in [0.2, 0.25) is 0 Å². The third kappa shape index (κ3) is 2.45. The van der Waals surface area contributed by atoms with Crippen LogP contribution in [0.4, 0.5) is 0 Å². The summed E-state index contributed by atoms with van der Waals surface area (Å²) in [4.78, 5) is 0. The highest BCUT2D eigenvalue weighted by Gasteiger charge is 2.16. The zero-order chi connectivity index (χ0) is 11.4. The van der Waals surface area contributed by atoms with E-state index in [4.69, 9.17) is 0 Å². The maximum Gasteiger partial charge on any atom is 0.0499 e. The highest BCUT2D eigenvalue weighted by molar-refractivity contribution is 5.28. The van der Waals surface area contributed by atoms with Gasteiger partial charge in [0.15, 0.2) is 0 Å². The fourth-order valence-corrected chi connectivity index (χ4v) is 2.45. The Morgan fingerprint density at radius 3 is 2.62 bits per heavy atom. The molecule has 2 unspecified atom stereocenters. The van der Waals surface area contributed by atoms with Crippen molar-refractivity contribution in [1.82, 2.24) is 5.32 Å². The number of benzene rings is 1. The van der Waals surface area contributed by atoms with Crippen LogP contribution in [0.3, 0.4) is 0 Å². The van der Waals surface area contributed by atoms with Crippen LogP contribution in [0.25, 0.3) is 0 Å². The molecule has 1 aromatic rings. The summed E-state index contributed by atoms with van der Waals surface area (Å²) in [5.41, 5.74) is 2.70. The lowest BCUT2D eigenvalue weighted by atomic mass is 9.92. The number of aliphatic hydroxyl groups is 1. The van der Waals surface area contributed by atoms with Crippen LogP contribution in [0.5, 0.6) is 0 Å². The van der Waals surface area contributed by atoms with Gasteiger partial charge in [0.1, 0.15) is 0 Å². The maximum absolute atomic E-state index is 9.25. The second kappa shape index (κ2) is 5.46. The van der Waals surface area contributed by atoms with Gasteiger partial charge in [0, 0.05) is 19.1 Å². The minimum atomic E-state index is 0.251. The summed E-state index contributed by atoms with van der Waals surface area (Å²) in [5.74, 6) is 0.985. The van der Waals surface area contributed by atoms with Crippen LogP contribution in [-0.2, 0) is 0 Å². The molecule has 2 atom stereocenters. The topological polar surface area (TPSA) is 32.3 Å². The van der Waals surface area contributed by atoms with Crippen molar-refractivity contribution in [2.45, 2.75) is 31.6 Å². The van der Waals surface area contributed by atoms with Crippen LogP contribution < -0.4 is 5.32 Å². The fourth-order valence-electron chi connectivity index (χ4n) is 2.45. The molecule has 0 saturated carbocycles. The summed E-state index contributed by atoms with van der Waals surface area (Å²) < 4.78 is 0. The summed E-state index contributed by atoms with van der Waals surface area (Å²) in [6.07, 6.45) is 2.25. The number of rotatable bonds is 4. The lowest BCUT2D eigenvalue weighted by Gasteiger charge is -2.14. The molecule has 0 aliphatic carbocycles. The second-order valence-corrected chi connectivity index (χ2v) is 4.64. The molecule has 2 heteroatoms. The van der Waals surface area contributed by atoms with E-state index in [0.29, 0.717) is 11.8 Å². The van der Waals surface area contributed by atoms with Crippen LogP contribution in [0, 0.1) is 0 Å². The smallest absolute Gasteiger partial charge is 0.0499 e. The molecule has 2 nitrogen and oxygen atoms in total. The molecule has 1 saturated heterocycles. The summed E-state index contributed by atoms with van der Waals surface area (Å²) in [7, 11) is 0. The average Bonchev–Trinajstić information content (AvgIpc) is 2.85. The Morgan fingerprint density at radius 2 is 2.12 bits per heavy atom. The molecule has 88 valence electrons. The van der Waals surface area contributed by atoms with Gasteiger partial charge in [0.2, 0.25) is 0 Å². The molecule has 0 bridgehead atoms. The summed E-state index contributed by atoms with van der Waals surface area (Å²) in [5, 5.41) is 12.6. The molecule has 2 N–H and O–H groups in total. The van der Waals surface area contributed by atoms with Crippen LogP contribution in [0.1, 0.15) is 42.7 Å². The van der Waals surface area contributed by atoms with Crippen molar-refractivity contribution >= 4 is 0 Å². The van der Waals surface area contributed by atoms with Crippen LogP contribution >= 0.6 is 0 Å². The van der Waals surface area contributed by atoms with E-state index in [2.05, 4.69) is 36.5 Å². The predicted molar refractivity (Wildman–Crippen MR) is 66.8 cm³/mol. The first-order valence-electron chi connectivity index (χ1n) is 6.26. The molecule has 0 spiro atoms. The van der Waals surface area contributed by atoms with Gasteiger partial charge in [-0.2, -0.15) is 0 Å². The Balaban J connectivity index is 2.09. The maximum atomic E-state index is 9.25. The van der Waals surface area contributed by atoms with E-state index in [9.17, 15) is 5.11 Å². The van der Waals surface area contributed by atoms with Crippen LogP contribution in [-0.4, -0.2) is 24.8 Å². The van der Waals surface area contributed by atoms with Gasteiger partial charge >= 0.3 is 0 Å². The zero-order valence-corrected chi connectivity index (χ0v) is 9.95. The number of hydrogen-bond donors (Lipinski definition) is 2. The van der Waals surface area contributed by atoms with E-state index in [-0.39, 0.29) is 6.61 Å². The van der Waals surface area contributed by atoms with E-state index in [0.717, 1.165) is 19.5 Å². The van der Waals surface area contributed by atoms with Crippen LogP contribution in [0.15, 0.2) is 24.3 Å². The first-order chi connectivity index (χ1) is 7.85. The number of aliphatic hydroxyl groups excluding tert-OH is 1. The van der Waals surface area contributed by atoms with Gasteiger partial charge in [-0.15, -0.1) is 0 Å². The Kier molecular flexibility index (Phi) is 3.97. The molecule has 0 aromatic heterocycles. The minimum Gasteiger partial charge on any atom is -0.396 e. The Morgan fingerprint density at radius 1 is 1.38 bits per heavy atom. The normalized spacial score (nSPS) is 22.2. The van der Waals surface area contributed by atoms with E-state index in [1.54, 1.807) is 0 Å². The van der Waals surface area contributed by atoms with Crippen molar-refractivity contribution < 1.29 is 5.11 Å². The van der Waals surface area contributed by atoms with Gasteiger partial charge in [-0.05, 0) is 36.4 Å². The van der Waals surface area contributed by atoms with Gasteiger partial charge in [-0.25, -0.2) is 0 Å². The first-order valence-corrected chi connectivity index (χ1v) is 6.26. The third-order valence-corrected chi connectivity index (χ3v) is 3.65. The predicted octanol–water partition coefficient (Wildman–Crippen LogP) is 2.25. The lowest BCUT2D eigenvalue weighted by Crippen LogP contribution is -2.08. The molecule has 1 aromatic carbocycles. The fraction of sp³-hybridized carbons (Fsp3) is 0.571. The molecule has 16 heavy (non-hydrogen) atoms. The van der Waals surface area contributed by atoms with Gasteiger partial charge < -0.3 is 10.4 Å². The van der Waals surface area contributed by atoms with E-state index in [1.807, 2.05) is 0 Å². The number of hydrogen-bond acceptors (Lipinski definition) is 2. The Bertz CT molecular complexity index is 289.